The van der Waals surface area contributed by atoms with Crippen LogP contribution in [0.5, 0.6) is 11.5 Å². The van der Waals surface area contributed by atoms with Crippen LogP contribution < -0.4 is 9.47 Å². The average molecular weight is 360 g/mol. The lowest BCUT2D eigenvalue weighted by Gasteiger charge is -2.06. The van der Waals surface area contributed by atoms with Gasteiger partial charge in [0.15, 0.2) is 0 Å². The van der Waals surface area contributed by atoms with E-state index in [0.717, 1.165) is 5.56 Å². The number of hydrogen-bond donors (Lipinski definition) is 0. The normalized spacial score (nSPS) is 10.6. The van der Waals surface area contributed by atoms with Gasteiger partial charge in [0.1, 0.15) is 17.3 Å². The summed E-state index contributed by atoms with van der Waals surface area (Å²) in [5, 5.41) is 8.57. The number of nitrogens with zero attached hydrogens (tertiary/aromatic N) is 2. The first kappa shape index (κ1) is 17.3. The van der Waals surface area contributed by atoms with Crippen LogP contribution in [0, 0.1) is 5.82 Å². The molecule has 0 saturated carbocycles. The van der Waals surface area contributed by atoms with Crippen LogP contribution in [0.15, 0.2) is 58.2 Å². The summed E-state index contributed by atoms with van der Waals surface area (Å²) in [5.74, 6) is 2.11. The van der Waals surface area contributed by atoms with E-state index in [1.807, 2.05) is 31.2 Å². The number of benzene rings is 2. The average Bonchev–Trinajstić information content (AvgIpc) is 3.10. The summed E-state index contributed by atoms with van der Waals surface area (Å²) in [5.41, 5.74) is 0.770. The van der Waals surface area contributed by atoms with E-state index in [1.165, 1.54) is 23.9 Å². The highest BCUT2D eigenvalue weighted by atomic mass is 32.2. The molecule has 0 spiro atoms. The number of hydrogen-bond acceptors (Lipinski definition) is 6. The van der Waals surface area contributed by atoms with Crippen molar-refractivity contribution in [3.8, 4) is 23.0 Å². The summed E-state index contributed by atoms with van der Waals surface area (Å²) >= 11 is 1.40. The van der Waals surface area contributed by atoms with E-state index in [4.69, 9.17) is 13.9 Å². The van der Waals surface area contributed by atoms with E-state index >= 15 is 0 Å². The van der Waals surface area contributed by atoms with Gasteiger partial charge in [0.25, 0.3) is 11.1 Å². The van der Waals surface area contributed by atoms with E-state index in [9.17, 15) is 4.39 Å². The molecule has 0 radical (unpaired) electrons. The molecule has 25 heavy (non-hydrogen) atoms. The van der Waals surface area contributed by atoms with Gasteiger partial charge in [-0.3, -0.25) is 0 Å². The molecule has 3 aromatic rings. The Kier molecular flexibility index (Phi) is 5.90. The zero-order valence-corrected chi connectivity index (χ0v) is 14.5. The van der Waals surface area contributed by atoms with Crippen molar-refractivity contribution in [2.75, 3.05) is 19.0 Å². The molecule has 3 rings (SSSR count). The standard InChI is InChI=1S/C18H17FN2O3S/c1-2-22-16-6-4-3-5-15(16)17-20-21-18(24-17)25-12-11-23-14-9-7-13(19)8-10-14/h3-10H,2,11-12H2,1H3. The van der Waals surface area contributed by atoms with E-state index in [-0.39, 0.29) is 5.82 Å². The van der Waals surface area contributed by atoms with Gasteiger partial charge in [-0.2, -0.15) is 0 Å². The maximum Gasteiger partial charge on any atom is 0.276 e. The molecule has 0 aliphatic rings. The Morgan fingerprint density at radius 2 is 1.84 bits per heavy atom. The molecule has 1 aromatic heterocycles. The molecular weight excluding hydrogens is 343 g/mol. The van der Waals surface area contributed by atoms with Gasteiger partial charge < -0.3 is 13.9 Å². The zero-order valence-electron chi connectivity index (χ0n) is 13.6. The van der Waals surface area contributed by atoms with Gasteiger partial charge in [-0.1, -0.05) is 23.9 Å². The smallest absolute Gasteiger partial charge is 0.276 e. The van der Waals surface area contributed by atoms with E-state index in [0.29, 0.717) is 41.6 Å². The number of ether oxygens (including phenoxy) is 2. The molecule has 0 N–H and O–H groups in total. The fourth-order valence-electron chi connectivity index (χ4n) is 2.12. The van der Waals surface area contributed by atoms with Crippen molar-refractivity contribution in [3.05, 3.63) is 54.3 Å². The van der Waals surface area contributed by atoms with Crippen LogP contribution in [0.1, 0.15) is 6.92 Å². The van der Waals surface area contributed by atoms with Gasteiger partial charge in [-0.25, -0.2) is 4.39 Å². The molecule has 130 valence electrons. The Morgan fingerprint density at radius 1 is 1.04 bits per heavy atom. The van der Waals surface area contributed by atoms with Gasteiger partial charge in [0.2, 0.25) is 0 Å². The number of thioether (sulfide) groups is 1. The van der Waals surface area contributed by atoms with Gasteiger partial charge in [-0.05, 0) is 43.3 Å². The molecule has 0 fully saturated rings. The molecule has 0 aliphatic heterocycles. The lowest BCUT2D eigenvalue weighted by Crippen LogP contribution is -1.99. The Morgan fingerprint density at radius 3 is 2.64 bits per heavy atom. The maximum atomic E-state index is 12.8. The number of halogens is 1. The largest absolute Gasteiger partial charge is 0.493 e. The molecule has 0 unspecified atom stereocenters. The van der Waals surface area contributed by atoms with Crippen LogP contribution in [0.2, 0.25) is 0 Å². The predicted octanol–water partition coefficient (Wildman–Crippen LogP) is 4.45. The SMILES string of the molecule is CCOc1ccccc1-c1nnc(SCCOc2ccc(F)cc2)o1. The molecule has 1 heterocycles. The summed E-state index contributed by atoms with van der Waals surface area (Å²) in [7, 11) is 0. The van der Waals surface area contributed by atoms with Gasteiger partial charge in [-0.15, -0.1) is 10.2 Å². The second-order valence-electron chi connectivity index (χ2n) is 4.95. The molecule has 0 saturated heterocycles. The van der Waals surface area contributed by atoms with Crippen LogP contribution in [-0.2, 0) is 0 Å². The lowest BCUT2D eigenvalue weighted by molar-refractivity contribution is 0.339. The minimum Gasteiger partial charge on any atom is -0.493 e. The fraction of sp³-hybridized carbons (Fsp3) is 0.222. The van der Waals surface area contributed by atoms with Crippen molar-refractivity contribution in [3.63, 3.8) is 0 Å². The highest BCUT2D eigenvalue weighted by Gasteiger charge is 2.13. The van der Waals surface area contributed by atoms with E-state index in [1.54, 1.807) is 12.1 Å². The Labute approximate surface area is 149 Å². The van der Waals surface area contributed by atoms with Crippen LogP contribution in [-0.4, -0.2) is 29.2 Å². The summed E-state index contributed by atoms with van der Waals surface area (Å²) in [6.07, 6.45) is 0. The molecule has 0 atom stereocenters. The van der Waals surface area contributed by atoms with E-state index in [2.05, 4.69) is 10.2 Å². The highest BCUT2D eigenvalue weighted by molar-refractivity contribution is 7.99. The Bertz CT molecular complexity index is 808. The molecular formula is C18H17FN2O3S. The third kappa shape index (κ3) is 4.73. The zero-order chi connectivity index (χ0) is 17.5. The monoisotopic (exact) mass is 360 g/mol. The minimum absolute atomic E-state index is 0.285. The van der Waals surface area contributed by atoms with Gasteiger partial charge in [0, 0.05) is 5.75 Å². The maximum absolute atomic E-state index is 12.8. The second kappa shape index (κ2) is 8.53. The minimum atomic E-state index is -0.285. The van der Waals surface area contributed by atoms with Crippen LogP contribution in [0.3, 0.4) is 0 Å². The molecule has 5 nitrogen and oxygen atoms in total. The third-order valence-electron chi connectivity index (χ3n) is 3.22. The summed E-state index contributed by atoms with van der Waals surface area (Å²) in [4.78, 5) is 0. The second-order valence-corrected chi connectivity index (χ2v) is 6.00. The predicted molar refractivity (Wildman–Crippen MR) is 93.5 cm³/mol. The number of rotatable bonds is 8. The van der Waals surface area contributed by atoms with Crippen molar-refractivity contribution in [2.24, 2.45) is 0 Å². The highest BCUT2D eigenvalue weighted by Crippen LogP contribution is 2.30. The molecule has 7 heteroatoms. The topological polar surface area (TPSA) is 57.4 Å². The van der Waals surface area contributed by atoms with Crippen molar-refractivity contribution in [2.45, 2.75) is 12.1 Å². The van der Waals surface area contributed by atoms with Crippen molar-refractivity contribution in [1.82, 2.24) is 10.2 Å². The summed E-state index contributed by atoms with van der Waals surface area (Å²) in [6.45, 7) is 2.93. The number of aromatic nitrogens is 2. The molecule has 0 amide bonds. The third-order valence-corrected chi connectivity index (χ3v) is 4.00. The molecule has 0 aliphatic carbocycles. The Balaban J connectivity index is 1.54. The number of para-hydroxylation sites is 1. The first-order chi connectivity index (χ1) is 12.3. The van der Waals surface area contributed by atoms with Crippen molar-refractivity contribution < 1.29 is 18.3 Å². The summed E-state index contributed by atoms with van der Waals surface area (Å²) in [6, 6.07) is 13.5. The first-order valence-electron chi connectivity index (χ1n) is 7.83. The Hall–Kier alpha value is -2.54. The van der Waals surface area contributed by atoms with Gasteiger partial charge in [0.05, 0.1) is 18.8 Å². The van der Waals surface area contributed by atoms with Crippen molar-refractivity contribution in [1.29, 1.82) is 0 Å². The first-order valence-corrected chi connectivity index (χ1v) is 8.81. The molecule has 0 bridgehead atoms. The van der Waals surface area contributed by atoms with Crippen LogP contribution in [0.25, 0.3) is 11.5 Å². The van der Waals surface area contributed by atoms with E-state index < -0.39 is 0 Å². The summed E-state index contributed by atoms with van der Waals surface area (Å²) < 4.78 is 29.6. The molecule has 2 aromatic carbocycles. The lowest BCUT2D eigenvalue weighted by atomic mass is 10.2. The fourth-order valence-corrected chi connectivity index (χ4v) is 2.70. The van der Waals surface area contributed by atoms with Crippen LogP contribution >= 0.6 is 11.8 Å². The van der Waals surface area contributed by atoms with Crippen molar-refractivity contribution >= 4 is 11.8 Å². The van der Waals surface area contributed by atoms with Crippen LogP contribution in [0.4, 0.5) is 4.39 Å². The quantitative estimate of drug-likeness (QED) is 0.437. The van der Waals surface area contributed by atoms with Gasteiger partial charge >= 0.3 is 0 Å².